The van der Waals surface area contributed by atoms with Crippen LogP contribution in [0.1, 0.15) is 20.7 Å². The molecule has 0 radical (unpaired) electrons. The molecule has 0 bridgehead atoms. The van der Waals surface area contributed by atoms with Gasteiger partial charge in [0.25, 0.3) is 5.91 Å². The van der Waals surface area contributed by atoms with Crippen LogP contribution < -0.4 is 16.6 Å². The van der Waals surface area contributed by atoms with E-state index >= 15 is 4.39 Å². The van der Waals surface area contributed by atoms with E-state index in [4.69, 9.17) is 27.8 Å². The Morgan fingerprint density at radius 3 is 2.24 bits per heavy atom. The first-order valence-corrected chi connectivity index (χ1v) is 10.8. The fraction of sp³-hybridized carbons (Fsp3) is 0.0435. The predicted octanol–water partition coefficient (Wildman–Crippen LogP) is 2.28. The van der Waals surface area contributed by atoms with Crippen LogP contribution in [-0.2, 0) is 14.8 Å². The Bertz CT molecular complexity index is 1410. The average Bonchev–Trinajstić information content (AvgIpc) is 2.77. The summed E-state index contributed by atoms with van der Waals surface area (Å²) in [5.41, 5.74) is 12.1. The normalized spacial score (nSPS) is 10.9. The average molecular weight is 467 g/mol. The zero-order valence-corrected chi connectivity index (χ0v) is 17.9. The Labute approximate surface area is 189 Å². The van der Waals surface area contributed by atoms with E-state index in [1.807, 2.05) is 0 Å². The SMILES string of the molecule is C#CCOC(=O)c1cccc(-c2cc(C(N)=O)c(N)c(-c3ccc(S(N)(=O)=O)cc3)c2)c1F. The highest BCUT2D eigenvalue weighted by atomic mass is 32.2. The summed E-state index contributed by atoms with van der Waals surface area (Å²) in [6, 6.07) is 12.3. The van der Waals surface area contributed by atoms with Crippen LogP contribution in [0.25, 0.3) is 22.3 Å². The standard InChI is InChI=1S/C23H18FN3O5S/c1-2-10-32-23(29)17-5-3-4-16(20(17)24)14-11-18(21(25)19(12-14)22(26)28)13-6-8-15(9-7-13)33(27,30)31/h1,3-9,11-12H,10,25H2,(H2,26,28)(H2,27,30,31). The second-order valence-corrected chi connectivity index (χ2v) is 8.43. The number of primary amides is 1. The number of terminal acetylenes is 1. The van der Waals surface area contributed by atoms with Gasteiger partial charge in [0.1, 0.15) is 5.82 Å². The van der Waals surface area contributed by atoms with Gasteiger partial charge in [0, 0.05) is 11.1 Å². The number of nitrogen functional groups attached to an aromatic ring is 1. The Morgan fingerprint density at radius 2 is 1.67 bits per heavy atom. The lowest BCUT2D eigenvalue weighted by Gasteiger charge is -2.15. The Hall–Kier alpha value is -4.20. The van der Waals surface area contributed by atoms with Crippen LogP contribution in [0.3, 0.4) is 0 Å². The molecule has 8 nitrogen and oxygen atoms in total. The maximum atomic E-state index is 15.2. The molecule has 10 heteroatoms. The molecular formula is C23H18FN3O5S. The molecule has 168 valence electrons. The number of sulfonamides is 1. The first kappa shape index (κ1) is 23.5. The Balaban J connectivity index is 2.19. The van der Waals surface area contributed by atoms with Gasteiger partial charge in [-0.25, -0.2) is 22.7 Å². The van der Waals surface area contributed by atoms with E-state index in [0.717, 1.165) is 0 Å². The van der Waals surface area contributed by atoms with Gasteiger partial charge in [0.15, 0.2) is 6.61 Å². The van der Waals surface area contributed by atoms with E-state index in [-0.39, 0.29) is 39.4 Å². The van der Waals surface area contributed by atoms with Gasteiger partial charge in [-0.1, -0.05) is 30.2 Å². The van der Waals surface area contributed by atoms with Crippen LogP contribution in [0.5, 0.6) is 0 Å². The van der Waals surface area contributed by atoms with Crippen LogP contribution in [0.4, 0.5) is 10.1 Å². The van der Waals surface area contributed by atoms with Gasteiger partial charge in [0.05, 0.1) is 21.7 Å². The van der Waals surface area contributed by atoms with Crippen molar-refractivity contribution in [3.8, 4) is 34.6 Å². The molecule has 0 atom stereocenters. The summed E-state index contributed by atoms with van der Waals surface area (Å²) in [5.74, 6) is -0.577. The quantitative estimate of drug-likeness (QED) is 0.287. The number of hydrogen-bond donors (Lipinski definition) is 3. The zero-order valence-electron chi connectivity index (χ0n) is 17.0. The van der Waals surface area contributed by atoms with E-state index in [2.05, 4.69) is 5.92 Å². The maximum Gasteiger partial charge on any atom is 0.342 e. The van der Waals surface area contributed by atoms with E-state index in [1.54, 1.807) is 0 Å². The fourth-order valence-electron chi connectivity index (χ4n) is 3.17. The van der Waals surface area contributed by atoms with Crippen molar-refractivity contribution in [1.29, 1.82) is 0 Å². The molecule has 0 saturated heterocycles. The highest BCUT2D eigenvalue weighted by Gasteiger charge is 2.21. The molecule has 0 fully saturated rings. The lowest BCUT2D eigenvalue weighted by Crippen LogP contribution is -2.15. The van der Waals surface area contributed by atoms with Crippen molar-refractivity contribution in [2.75, 3.05) is 12.3 Å². The minimum Gasteiger partial charge on any atom is -0.449 e. The molecule has 0 saturated carbocycles. The van der Waals surface area contributed by atoms with Gasteiger partial charge >= 0.3 is 5.97 Å². The first-order chi connectivity index (χ1) is 15.5. The number of carbonyl (C=O) groups is 2. The summed E-state index contributed by atoms with van der Waals surface area (Å²) in [4.78, 5) is 24.0. The van der Waals surface area contributed by atoms with Crippen molar-refractivity contribution in [1.82, 2.24) is 0 Å². The highest BCUT2D eigenvalue weighted by molar-refractivity contribution is 7.89. The number of hydrogen-bond acceptors (Lipinski definition) is 6. The lowest BCUT2D eigenvalue weighted by molar-refractivity contribution is 0.0551. The summed E-state index contributed by atoms with van der Waals surface area (Å²) in [6.07, 6.45) is 5.06. The van der Waals surface area contributed by atoms with E-state index in [9.17, 15) is 18.0 Å². The Kier molecular flexibility index (Phi) is 6.48. The van der Waals surface area contributed by atoms with Crippen LogP contribution in [-0.4, -0.2) is 26.9 Å². The molecule has 0 aromatic heterocycles. The van der Waals surface area contributed by atoms with Crippen molar-refractivity contribution < 1.29 is 27.1 Å². The number of rotatable bonds is 6. The molecule has 6 N–H and O–H groups in total. The monoisotopic (exact) mass is 467 g/mol. The molecule has 3 aromatic rings. The fourth-order valence-corrected chi connectivity index (χ4v) is 3.69. The second kappa shape index (κ2) is 9.12. The lowest BCUT2D eigenvalue weighted by atomic mass is 9.93. The summed E-state index contributed by atoms with van der Waals surface area (Å²) in [5, 5.41) is 5.12. The number of esters is 1. The number of carbonyl (C=O) groups excluding carboxylic acids is 2. The zero-order chi connectivity index (χ0) is 24.3. The number of benzene rings is 3. The van der Waals surface area contributed by atoms with Crippen LogP contribution in [0, 0.1) is 18.2 Å². The third-order valence-corrected chi connectivity index (χ3v) is 5.68. The minimum atomic E-state index is -3.92. The number of anilines is 1. The smallest absolute Gasteiger partial charge is 0.342 e. The van der Waals surface area contributed by atoms with E-state index in [1.165, 1.54) is 54.6 Å². The topological polar surface area (TPSA) is 156 Å². The predicted molar refractivity (Wildman–Crippen MR) is 121 cm³/mol. The third kappa shape index (κ3) is 4.85. The number of primary sulfonamides is 1. The third-order valence-electron chi connectivity index (χ3n) is 4.76. The first-order valence-electron chi connectivity index (χ1n) is 9.30. The molecule has 0 aliphatic heterocycles. The molecule has 0 unspecified atom stereocenters. The minimum absolute atomic E-state index is 0.0135. The molecule has 0 heterocycles. The van der Waals surface area contributed by atoms with Crippen LogP contribution in [0.15, 0.2) is 59.5 Å². The molecule has 0 aliphatic rings. The number of halogens is 1. The van der Waals surface area contributed by atoms with E-state index < -0.39 is 27.7 Å². The molecule has 0 spiro atoms. The van der Waals surface area contributed by atoms with Gasteiger partial charge in [-0.3, -0.25) is 4.79 Å². The molecule has 33 heavy (non-hydrogen) atoms. The van der Waals surface area contributed by atoms with Crippen molar-refractivity contribution in [3.05, 3.63) is 71.5 Å². The van der Waals surface area contributed by atoms with Crippen molar-refractivity contribution in [3.63, 3.8) is 0 Å². The van der Waals surface area contributed by atoms with Crippen molar-refractivity contribution in [2.24, 2.45) is 10.9 Å². The highest BCUT2D eigenvalue weighted by Crippen LogP contribution is 2.36. The second-order valence-electron chi connectivity index (χ2n) is 6.87. The number of amides is 1. The van der Waals surface area contributed by atoms with Gasteiger partial charge < -0.3 is 16.2 Å². The van der Waals surface area contributed by atoms with E-state index in [0.29, 0.717) is 11.1 Å². The molecule has 3 rings (SSSR count). The van der Waals surface area contributed by atoms with Gasteiger partial charge in [-0.2, -0.15) is 0 Å². The number of ether oxygens (including phenoxy) is 1. The number of nitrogens with two attached hydrogens (primary N) is 3. The van der Waals surface area contributed by atoms with Crippen LogP contribution >= 0.6 is 0 Å². The molecular weight excluding hydrogens is 449 g/mol. The molecule has 1 amide bonds. The summed E-state index contributed by atoms with van der Waals surface area (Å²) in [6.45, 7) is -0.325. The summed E-state index contributed by atoms with van der Waals surface area (Å²) >= 11 is 0. The maximum absolute atomic E-state index is 15.2. The largest absolute Gasteiger partial charge is 0.449 e. The van der Waals surface area contributed by atoms with Crippen LogP contribution in [0.2, 0.25) is 0 Å². The summed E-state index contributed by atoms with van der Waals surface area (Å²) in [7, 11) is -3.92. The summed E-state index contributed by atoms with van der Waals surface area (Å²) < 4.78 is 43.0. The van der Waals surface area contributed by atoms with Gasteiger partial charge in [-0.15, -0.1) is 6.42 Å². The van der Waals surface area contributed by atoms with Crippen molar-refractivity contribution >= 4 is 27.6 Å². The van der Waals surface area contributed by atoms with Gasteiger partial charge in [-0.05, 0) is 41.5 Å². The molecule has 3 aromatic carbocycles. The van der Waals surface area contributed by atoms with Gasteiger partial charge in [0.2, 0.25) is 10.0 Å². The Morgan fingerprint density at radius 1 is 1.00 bits per heavy atom. The van der Waals surface area contributed by atoms with Crippen molar-refractivity contribution in [2.45, 2.75) is 4.90 Å². The molecule has 0 aliphatic carbocycles.